The van der Waals surface area contributed by atoms with Crippen molar-refractivity contribution in [3.63, 3.8) is 0 Å². The van der Waals surface area contributed by atoms with Crippen LogP contribution >= 0.6 is 0 Å². The molecule has 0 aliphatic carbocycles. The first-order chi connectivity index (χ1) is 11.1. The molecule has 1 aromatic heterocycles. The van der Waals surface area contributed by atoms with Crippen molar-refractivity contribution in [1.82, 2.24) is 15.1 Å². The van der Waals surface area contributed by atoms with Gasteiger partial charge in [-0.05, 0) is 47.1 Å². The average molecular weight is 331 g/mol. The van der Waals surface area contributed by atoms with Crippen LogP contribution in [0, 0.1) is 25.2 Å². The predicted octanol–water partition coefficient (Wildman–Crippen LogP) is 2.41. The highest BCUT2D eigenvalue weighted by atomic mass is 16.6. The van der Waals surface area contributed by atoms with Crippen LogP contribution in [0.15, 0.2) is 0 Å². The maximum atomic E-state index is 12.3. The highest BCUT2D eigenvalue weighted by Crippen LogP contribution is 2.24. The third kappa shape index (κ3) is 3.75. The second kappa shape index (κ2) is 6.63. The van der Waals surface area contributed by atoms with Crippen molar-refractivity contribution >= 4 is 11.9 Å². The summed E-state index contributed by atoms with van der Waals surface area (Å²) in [5.41, 5.74) is 1.66. The fraction of sp³-hybridized carbons (Fsp3) is 0.647. The minimum Gasteiger partial charge on any atom is -0.444 e. The van der Waals surface area contributed by atoms with Gasteiger partial charge in [0.1, 0.15) is 17.2 Å². The molecule has 1 aromatic rings. The van der Waals surface area contributed by atoms with Crippen LogP contribution in [0.2, 0.25) is 0 Å². The zero-order valence-corrected chi connectivity index (χ0v) is 15.3. The predicted molar refractivity (Wildman–Crippen MR) is 90.8 cm³/mol. The lowest BCUT2D eigenvalue weighted by Crippen LogP contribution is -2.55. The van der Waals surface area contributed by atoms with Crippen LogP contribution in [-0.2, 0) is 4.74 Å². The lowest BCUT2D eigenvalue weighted by atomic mass is 10.1. The number of carbonyl (C=O) groups is 1. The van der Waals surface area contributed by atoms with E-state index in [9.17, 15) is 10.1 Å². The molecule has 0 spiro atoms. The van der Waals surface area contributed by atoms with E-state index < -0.39 is 5.60 Å². The molecule has 2 heterocycles. The maximum Gasteiger partial charge on any atom is 0.410 e. The Morgan fingerprint density at radius 3 is 2.50 bits per heavy atom. The number of piperazine rings is 1. The second-order valence-corrected chi connectivity index (χ2v) is 7.19. The van der Waals surface area contributed by atoms with Crippen LogP contribution in [0.3, 0.4) is 0 Å². The molecule has 7 heteroatoms. The Bertz CT molecular complexity index is 675. The number of hydrogen-bond acceptors (Lipinski definition) is 6. The van der Waals surface area contributed by atoms with Gasteiger partial charge in [0.25, 0.3) is 0 Å². The van der Waals surface area contributed by atoms with E-state index in [0.29, 0.717) is 31.0 Å². The molecule has 1 amide bonds. The Morgan fingerprint density at radius 1 is 1.29 bits per heavy atom. The van der Waals surface area contributed by atoms with E-state index in [-0.39, 0.29) is 12.1 Å². The number of anilines is 1. The highest BCUT2D eigenvalue weighted by Gasteiger charge is 2.32. The Labute approximate surface area is 143 Å². The van der Waals surface area contributed by atoms with Crippen molar-refractivity contribution in [1.29, 1.82) is 5.26 Å². The summed E-state index contributed by atoms with van der Waals surface area (Å²) in [6, 6.07) is 2.19. The number of aromatic nitrogens is 2. The van der Waals surface area contributed by atoms with Gasteiger partial charge in [0.2, 0.25) is 0 Å². The molecule has 0 unspecified atom stereocenters. The zero-order chi connectivity index (χ0) is 18.1. The van der Waals surface area contributed by atoms with Gasteiger partial charge < -0.3 is 14.5 Å². The third-order valence-electron chi connectivity index (χ3n) is 4.10. The smallest absolute Gasteiger partial charge is 0.410 e. The Morgan fingerprint density at radius 2 is 1.96 bits per heavy atom. The van der Waals surface area contributed by atoms with Crippen LogP contribution in [0.5, 0.6) is 0 Å². The first-order valence-electron chi connectivity index (χ1n) is 8.12. The molecule has 0 bridgehead atoms. The van der Waals surface area contributed by atoms with Gasteiger partial charge in [-0.1, -0.05) is 0 Å². The molecule has 0 saturated carbocycles. The van der Waals surface area contributed by atoms with Crippen molar-refractivity contribution in [3.8, 4) is 6.07 Å². The summed E-state index contributed by atoms with van der Waals surface area (Å²) < 4.78 is 5.46. The van der Waals surface area contributed by atoms with Crippen LogP contribution in [-0.4, -0.2) is 52.5 Å². The van der Waals surface area contributed by atoms with Gasteiger partial charge in [0, 0.05) is 25.7 Å². The van der Waals surface area contributed by atoms with E-state index in [2.05, 4.69) is 16.3 Å². The first-order valence-corrected chi connectivity index (χ1v) is 8.12. The van der Waals surface area contributed by atoms with E-state index in [0.717, 1.165) is 11.3 Å². The number of amides is 1. The van der Waals surface area contributed by atoms with Gasteiger partial charge >= 0.3 is 6.09 Å². The molecule has 0 radical (unpaired) electrons. The van der Waals surface area contributed by atoms with Crippen LogP contribution in [0.25, 0.3) is 0 Å². The number of carbonyl (C=O) groups excluding carboxylic acids is 1. The molecule has 7 nitrogen and oxygen atoms in total. The fourth-order valence-electron chi connectivity index (χ4n) is 2.69. The number of nitriles is 1. The lowest BCUT2D eigenvalue weighted by Gasteiger charge is -2.40. The van der Waals surface area contributed by atoms with Gasteiger partial charge in [0.05, 0.1) is 5.69 Å². The molecule has 1 saturated heterocycles. The van der Waals surface area contributed by atoms with E-state index >= 15 is 0 Å². The summed E-state index contributed by atoms with van der Waals surface area (Å²) in [5.74, 6) is 0.594. The van der Waals surface area contributed by atoms with Gasteiger partial charge in [-0.15, -0.1) is 5.10 Å². The molecule has 0 N–H and O–H groups in total. The number of hydrogen-bond donors (Lipinski definition) is 0. The van der Waals surface area contributed by atoms with Crippen LogP contribution in [0.4, 0.5) is 10.6 Å². The Hall–Kier alpha value is -2.36. The number of ether oxygens (including phenoxy) is 1. The van der Waals surface area contributed by atoms with E-state index in [4.69, 9.17) is 4.74 Å². The van der Waals surface area contributed by atoms with E-state index in [1.807, 2.05) is 46.4 Å². The van der Waals surface area contributed by atoms with Crippen molar-refractivity contribution < 1.29 is 9.53 Å². The summed E-state index contributed by atoms with van der Waals surface area (Å²) in [5, 5.41) is 17.8. The van der Waals surface area contributed by atoms with Crippen molar-refractivity contribution in [2.75, 3.05) is 24.5 Å². The Kier molecular flexibility index (Phi) is 4.97. The maximum absolute atomic E-state index is 12.3. The average Bonchev–Trinajstić information content (AvgIpc) is 2.47. The van der Waals surface area contributed by atoms with E-state index in [1.165, 1.54) is 0 Å². The van der Waals surface area contributed by atoms with Gasteiger partial charge in [-0.2, -0.15) is 10.4 Å². The standard InChI is InChI=1S/C17H25N5O2/c1-11-10-21(7-8-22(11)16(23)24-17(4,5)6)15-14(9-18)12(2)13(3)19-20-15/h11H,7-8,10H2,1-6H3/t11-/m0/s1. The fourth-order valence-corrected chi connectivity index (χ4v) is 2.69. The van der Waals surface area contributed by atoms with E-state index in [1.54, 1.807) is 4.90 Å². The normalized spacial score (nSPS) is 18.3. The summed E-state index contributed by atoms with van der Waals surface area (Å²) >= 11 is 0. The highest BCUT2D eigenvalue weighted by molar-refractivity contribution is 5.69. The van der Waals surface area contributed by atoms with Crippen molar-refractivity contribution in [3.05, 3.63) is 16.8 Å². The first kappa shape index (κ1) is 18.0. The van der Waals surface area contributed by atoms with Crippen molar-refractivity contribution in [2.45, 2.75) is 53.2 Å². The molecular weight excluding hydrogens is 306 g/mol. The monoisotopic (exact) mass is 331 g/mol. The van der Waals surface area contributed by atoms with Gasteiger partial charge in [-0.3, -0.25) is 0 Å². The zero-order valence-electron chi connectivity index (χ0n) is 15.3. The molecule has 1 fully saturated rings. The van der Waals surface area contributed by atoms with Crippen LogP contribution < -0.4 is 4.90 Å². The van der Waals surface area contributed by atoms with Crippen LogP contribution in [0.1, 0.15) is 44.5 Å². The molecular formula is C17H25N5O2. The molecule has 24 heavy (non-hydrogen) atoms. The second-order valence-electron chi connectivity index (χ2n) is 7.19. The third-order valence-corrected chi connectivity index (χ3v) is 4.10. The number of rotatable bonds is 1. The molecule has 1 aliphatic rings. The van der Waals surface area contributed by atoms with Gasteiger partial charge in [-0.25, -0.2) is 4.79 Å². The minimum atomic E-state index is -0.512. The summed E-state index contributed by atoms with van der Waals surface area (Å²) in [4.78, 5) is 16.0. The molecule has 130 valence electrons. The van der Waals surface area contributed by atoms with Crippen molar-refractivity contribution in [2.24, 2.45) is 0 Å². The SMILES string of the molecule is Cc1nnc(N2CCN(C(=O)OC(C)(C)C)[C@@H](C)C2)c(C#N)c1C. The topological polar surface area (TPSA) is 82.3 Å². The molecule has 0 aromatic carbocycles. The molecule has 1 atom stereocenters. The quantitative estimate of drug-likeness (QED) is 0.786. The number of nitrogens with zero attached hydrogens (tertiary/aromatic N) is 5. The Balaban J connectivity index is 2.16. The minimum absolute atomic E-state index is 0.0384. The molecule has 2 rings (SSSR count). The molecule has 1 aliphatic heterocycles. The summed E-state index contributed by atoms with van der Waals surface area (Å²) in [7, 11) is 0. The number of aryl methyl sites for hydroxylation is 1. The summed E-state index contributed by atoms with van der Waals surface area (Å²) in [6.07, 6.45) is -0.304. The van der Waals surface area contributed by atoms with Gasteiger partial charge in [0.15, 0.2) is 5.82 Å². The summed E-state index contributed by atoms with van der Waals surface area (Å²) in [6.45, 7) is 13.0. The largest absolute Gasteiger partial charge is 0.444 e. The lowest BCUT2D eigenvalue weighted by molar-refractivity contribution is 0.0158.